The Morgan fingerprint density at radius 3 is 2.36 bits per heavy atom. The quantitative estimate of drug-likeness (QED) is 0.354. The molecule has 0 fully saturated rings. The zero-order valence-electron chi connectivity index (χ0n) is 15.8. The zero-order valence-corrected chi connectivity index (χ0v) is 18.2. The van der Waals surface area contributed by atoms with Crippen molar-refractivity contribution in [3.8, 4) is 5.75 Å². The molecule has 0 spiro atoms. The second-order valence-corrected chi connectivity index (χ2v) is 6.26. The number of carbonyl (C=O) groups is 1. The Labute approximate surface area is 168 Å². The maximum Gasteiger partial charge on any atom is 0.241 e. The van der Waals surface area contributed by atoms with Crippen LogP contribution in [0.1, 0.15) is 25.8 Å². The Hall–Kier alpha value is -1.51. The number of nitrogens with one attached hydrogen (secondary N) is 2. The molecule has 7 heteroatoms. The molecule has 1 rings (SSSR count). The molecule has 0 heterocycles. The Morgan fingerprint density at radius 2 is 1.84 bits per heavy atom. The van der Waals surface area contributed by atoms with Crippen LogP contribution in [0.4, 0.5) is 0 Å². The van der Waals surface area contributed by atoms with Crippen LogP contribution in [0.15, 0.2) is 29.3 Å². The van der Waals surface area contributed by atoms with Gasteiger partial charge in [-0.15, -0.1) is 24.0 Å². The van der Waals surface area contributed by atoms with Gasteiger partial charge in [0.15, 0.2) is 5.96 Å². The fraction of sp³-hybridized carbons (Fsp3) is 0.556. The van der Waals surface area contributed by atoms with Crippen molar-refractivity contribution in [3.63, 3.8) is 0 Å². The van der Waals surface area contributed by atoms with E-state index in [2.05, 4.69) is 29.5 Å². The van der Waals surface area contributed by atoms with E-state index in [0.717, 1.165) is 24.3 Å². The number of aliphatic imine (C=N–C) groups is 1. The maximum atomic E-state index is 11.7. The molecule has 0 saturated heterocycles. The van der Waals surface area contributed by atoms with Crippen molar-refractivity contribution in [2.24, 2.45) is 10.9 Å². The van der Waals surface area contributed by atoms with E-state index in [0.29, 0.717) is 18.4 Å². The van der Waals surface area contributed by atoms with Gasteiger partial charge in [0.05, 0.1) is 20.2 Å². The highest BCUT2D eigenvalue weighted by atomic mass is 127. The molecule has 0 unspecified atom stereocenters. The van der Waals surface area contributed by atoms with Crippen LogP contribution in [-0.2, 0) is 11.3 Å². The average molecular weight is 462 g/mol. The third-order valence-electron chi connectivity index (χ3n) is 3.50. The first kappa shape index (κ1) is 23.5. The monoisotopic (exact) mass is 462 g/mol. The van der Waals surface area contributed by atoms with Gasteiger partial charge in [-0.05, 0) is 30.0 Å². The standard InChI is InChI=1S/C18H30N4O2.HI/c1-14(2)10-11-19-18(21-13-17(23)22(3)4)20-12-15-6-8-16(24-5)9-7-15;/h6-9,14H,10-13H2,1-5H3,(H2,19,20,21);1H. The van der Waals surface area contributed by atoms with Crippen LogP contribution in [0, 0.1) is 5.92 Å². The molecule has 0 aliphatic heterocycles. The molecule has 0 saturated carbocycles. The number of rotatable bonds is 8. The molecule has 0 radical (unpaired) electrons. The number of guanidine groups is 1. The summed E-state index contributed by atoms with van der Waals surface area (Å²) in [6, 6.07) is 7.80. The Morgan fingerprint density at radius 1 is 1.20 bits per heavy atom. The van der Waals surface area contributed by atoms with Gasteiger partial charge in [0.1, 0.15) is 5.75 Å². The van der Waals surface area contributed by atoms with Gasteiger partial charge in [-0.1, -0.05) is 26.0 Å². The number of halogens is 1. The highest BCUT2D eigenvalue weighted by molar-refractivity contribution is 14.0. The van der Waals surface area contributed by atoms with Crippen molar-refractivity contribution in [1.82, 2.24) is 15.5 Å². The first-order valence-corrected chi connectivity index (χ1v) is 8.27. The Balaban J connectivity index is 0.00000576. The van der Waals surface area contributed by atoms with Gasteiger partial charge in [0.25, 0.3) is 0 Å². The van der Waals surface area contributed by atoms with Crippen LogP contribution in [-0.4, -0.2) is 51.1 Å². The molecule has 1 amide bonds. The molecule has 0 aliphatic rings. The highest BCUT2D eigenvalue weighted by Gasteiger charge is 2.06. The third-order valence-corrected chi connectivity index (χ3v) is 3.50. The summed E-state index contributed by atoms with van der Waals surface area (Å²) in [5.41, 5.74) is 1.08. The first-order valence-electron chi connectivity index (χ1n) is 8.27. The summed E-state index contributed by atoms with van der Waals surface area (Å²) < 4.78 is 5.15. The van der Waals surface area contributed by atoms with Gasteiger partial charge in [-0.3, -0.25) is 4.79 Å². The number of amides is 1. The second-order valence-electron chi connectivity index (χ2n) is 6.26. The molecule has 1 aromatic rings. The fourth-order valence-electron chi connectivity index (χ4n) is 1.87. The number of hydrogen-bond acceptors (Lipinski definition) is 3. The smallest absolute Gasteiger partial charge is 0.241 e. The van der Waals surface area contributed by atoms with Crippen molar-refractivity contribution in [1.29, 1.82) is 0 Å². The summed E-state index contributed by atoms with van der Waals surface area (Å²) in [4.78, 5) is 17.9. The van der Waals surface area contributed by atoms with Gasteiger partial charge in [-0.25, -0.2) is 4.99 Å². The van der Waals surface area contributed by atoms with Crippen LogP contribution >= 0.6 is 24.0 Å². The van der Waals surface area contributed by atoms with E-state index in [4.69, 9.17) is 4.74 Å². The molecule has 1 aromatic carbocycles. The molecule has 6 nitrogen and oxygen atoms in total. The number of hydrogen-bond donors (Lipinski definition) is 2. The van der Waals surface area contributed by atoms with Crippen molar-refractivity contribution in [2.45, 2.75) is 26.8 Å². The van der Waals surface area contributed by atoms with Crippen molar-refractivity contribution in [3.05, 3.63) is 29.8 Å². The molecule has 0 aliphatic carbocycles. The molecule has 0 aromatic heterocycles. The van der Waals surface area contributed by atoms with Gasteiger partial charge in [0, 0.05) is 20.6 Å². The summed E-state index contributed by atoms with van der Waals surface area (Å²) in [6.45, 7) is 5.94. The summed E-state index contributed by atoms with van der Waals surface area (Å²) >= 11 is 0. The minimum absolute atomic E-state index is 0. The lowest BCUT2D eigenvalue weighted by Gasteiger charge is -2.15. The minimum atomic E-state index is 0. The largest absolute Gasteiger partial charge is 0.497 e. The van der Waals surface area contributed by atoms with Gasteiger partial charge in [-0.2, -0.15) is 0 Å². The van der Waals surface area contributed by atoms with Crippen molar-refractivity contribution >= 4 is 35.8 Å². The minimum Gasteiger partial charge on any atom is -0.497 e. The van der Waals surface area contributed by atoms with Gasteiger partial charge < -0.3 is 20.3 Å². The number of likely N-dealkylation sites (N-methyl/N-ethyl adjacent to an activating group) is 1. The predicted octanol–water partition coefficient (Wildman–Crippen LogP) is 2.48. The number of carbonyl (C=O) groups excluding carboxylic acids is 1. The molecular weight excluding hydrogens is 431 g/mol. The van der Waals surface area contributed by atoms with E-state index in [9.17, 15) is 4.79 Å². The first-order chi connectivity index (χ1) is 11.4. The number of nitrogens with zero attached hydrogens (tertiary/aromatic N) is 2. The lowest BCUT2D eigenvalue weighted by molar-refractivity contribution is -0.127. The zero-order chi connectivity index (χ0) is 17.9. The van der Waals surface area contributed by atoms with E-state index < -0.39 is 0 Å². The van der Waals surface area contributed by atoms with E-state index in [1.165, 1.54) is 0 Å². The van der Waals surface area contributed by atoms with E-state index in [1.54, 1.807) is 26.1 Å². The Kier molecular flexibility index (Phi) is 12.0. The normalized spacial score (nSPS) is 10.9. The second kappa shape index (κ2) is 12.8. The van der Waals surface area contributed by atoms with Gasteiger partial charge >= 0.3 is 0 Å². The molecule has 142 valence electrons. The van der Waals surface area contributed by atoms with Crippen LogP contribution in [0.2, 0.25) is 0 Å². The van der Waals surface area contributed by atoms with E-state index >= 15 is 0 Å². The lowest BCUT2D eigenvalue weighted by atomic mass is 10.1. The van der Waals surface area contributed by atoms with Gasteiger partial charge in [0.2, 0.25) is 5.91 Å². The maximum absolute atomic E-state index is 11.7. The lowest BCUT2D eigenvalue weighted by Crippen LogP contribution is -2.43. The summed E-state index contributed by atoms with van der Waals surface area (Å²) in [5, 5.41) is 6.37. The van der Waals surface area contributed by atoms with Crippen molar-refractivity contribution in [2.75, 3.05) is 34.3 Å². The average Bonchev–Trinajstić information content (AvgIpc) is 2.56. The Bertz CT molecular complexity index is 530. The van der Waals surface area contributed by atoms with E-state index in [1.807, 2.05) is 24.3 Å². The number of ether oxygens (including phenoxy) is 1. The summed E-state index contributed by atoms with van der Waals surface area (Å²) in [5.74, 6) is 2.11. The summed E-state index contributed by atoms with van der Waals surface area (Å²) in [6.07, 6.45) is 1.05. The van der Waals surface area contributed by atoms with Crippen molar-refractivity contribution < 1.29 is 9.53 Å². The van der Waals surface area contributed by atoms with Crippen LogP contribution in [0.3, 0.4) is 0 Å². The van der Waals surface area contributed by atoms with Crippen LogP contribution in [0.25, 0.3) is 0 Å². The molecular formula is C18H31IN4O2. The number of methoxy groups -OCH3 is 1. The molecule has 0 atom stereocenters. The number of benzene rings is 1. The summed E-state index contributed by atoms with van der Waals surface area (Å²) in [7, 11) is 5.13. The molecule has 0 bridgehead atoms. The molecule has 2 N–H and O–H groups in total. The topological polar surface area (TPSA) is 66.0 Å². The van der Waals surface area contributed by atoms with Crippen LogP contribution < -0.4 is 15.4 Å². The van der Waals surface area contributed by atoms with E-state index in [-0.39, 0.29) is 36.4 Å². The fourth-order valence-corrected chi connectivity index (χ4v) is 1.87. The third kappa shape index (κ3) is 10.2. The van der Waals surface area contributed by atoms with Crippen LogP contribution in [0.5, 0.6) is 5.75 Å². The molecule has 25 heavy (non-hydrogen) atoms. The highest BCUT2D eigenvalue weighted by Crippen LogP contribution is 2.11. The SMILES string of the molecule is COc1ccc(CN=C(NCCC(C)C)NCC(=O)N(C)C)cc1.I. The predicted molar refractivity (Wildman–Crippen MR) is 114 cm³/mol.